The quantitative estimate of drug-likeness (QED) is 0.877. The number of hydrogen-bond donors (Lipinski definition) is 1. The zero-order chi connectivity index (χ0) is 15.5. The molecule has 0 atom stereocenters. The summed E-state index contributed by atoms with van der Waals surface area (Å²) < 4.78 is 28.4. The number of amides is 1. The standard InChI is InChI=1S/C15H20F2N2O2/c1-19(13(20)15(10-18)7-2-8-15)9-11-3-5-12(6-4-11)21-14(16)17/h3-6,14H,2,7-10,18H2,1H3. The molecule has 1 aliphatic carbocycles. The first-order valence-corrected chi connectivity index (χ1v) is 6.96. The molecule has 6 heteroatoms. The minimum absolute atomic E-state index is 0.0594. The van der Waals surface area contributed by atoms with E-state index < -0.39 is 12.0 Å². The van der Waals surface area contributed by atoms with Gasteiger partial charge in [0.2, 0.25) is 5.91 Å². The molecular weight excluding hydrogens is 278 g/mol. The second-order valence-corrected chi connectivity index (χ2v) is 5.52. The predicted octanol–water partition coefficient (Wildman–Crippen LogP) is 2.38. The van der Waals surface area contributed by atoms with Crippen LogP contribution in [0, 0.1) is 5.41 Å². The normalized spacial score (nSPS) is 16.4. The van der Waals surface area contributed by atoms with Crippen molar-refractivity contribution in [3.8, 4) is 5.75 Å². The summed E-state index contributed by atoms with van der Waals surface area (Å²) in [5.41, 5.74) is 6.20. The lowest BCUT2D eigenvalue weighted by atomic mass is 9.68. The Morgan fingerprint density at radius 2 is 2.00 bits per heavy atom. The predicted molar refractivity (Wildman–Crippen MR) is 74.9 cm³/mol. The zero-order valence-electron chi connectivity index (χ0n) is 12.0. The van der Waals surface area contributed by atoms with Crippen molar-refractivity contribution in [2.24, 2.45) is 11.1 Å². The SMILES string of the molecule is CN(Cc1ccc(OC(F)F)cc1)C(=O)C1(CN)CCC1. The van der Waals surface area contributed by atoms with Gasteiger partial charge in [0.05, 0.1) is 5.41 Å². The molecule has 1 aliphatic rings. The van der Waals surface area contributed by atoms with Gasteiger partial charge >= 0.3 is 6.61 Å². The fourth-order valence-corrected chi connectivity index (χ4v) is 2.64. The minimum Gasteiger partial charge on any atom is -0.435 e. The number of carbonyl (C=O) groups is 1. The number of rotatable bonds is 6. The summed E-state index contributed by atoms with van der Waals surface area (Å²) in [4.78, 5) is 14.1. The Morgan fingerprint density at radius 1 is 1.38 bits per heavy atom. The number of hydrogen-bond acceptors (Lipinski definition) is 3. The number of carbonyl (C=O) groups excluding carboxylic acids is 1. The van der Waals surface area contributed by atoms with E-state index in [1.807, 2.05) is 0 Å². The number of nitrogens with zero attached hydrogens (tertiary/aromatic N) is 1. The van der Waals surface area contributed by atoms with Gasteiger partial charge in [-0.1, -0.05) is 18.6 Å². The number of benzene rings is 1. The van der Waals surface area contributed by atoms with Gasteiger partial charge in [0, 0.05) is 20.1 Å². The van der Waals surface area contributed by atoms with E-state index in [0.29, 0.717) is 13.1 Å². The average molecular weight is 298 g/mol. The maximum Gasteiger partial charge on any atom is 0.387 e. The van der Waals surface area contributed by atoms with Crippen LogP contribution < -0.4 is 10.5 Å². The smallest absolute Gasteiger partial charge is 0.387 e. The van der Waals surface area contributed by atoms with E-state index in [-0.39, 0.29) is 11.7 Å². The van der Waals surface area contributed by atoms with Gasteiger partial charge in [0.1, 0.15) is 5.75 Å². The summed E-state index contributed by atoms with van der Waals surface area (Å²) in [6.45, 7) is -2.03. The molecule has 1 saturated carbocycles. The highest BCUT2D eigenvalue weighted by Gasteiger charge is 2.44. The fraction of sp³-hybridized carbons (Fsp3) is 0.533. The number of ether oxygens (including phenoxy) is 1. The van der Waals surface area contributed by atoms with Gasteiger partial charge in [-0.3, -0.25) is 4.79 Å². The Morgan fingerprint density at radius 3 is 2.43 bits per heavy atom. The third-order valence-electron chi connectivity index (χ3n) is 4.07. The number of alkyl halides is 2. The Labute approximate surface area is 122 Å². The molecule has 4 nitrogen and oxygen atoms in total. The van der Waals surface area contributed by atoms with Crippen LogP contribution in [-0.2, 0) is 11.3 Å². The molecule has 0 heterocycles. The first-order chi connectivity index (χ1) is 9.97. The first-order valence-electron chi connectivity index (χ1n) is 6.96. The molecule has 2 N–H and O–H groups in total. The lowest BCUT2D eigenvalue weighted by Gasteiger charge is -2.41. The van der Waals surface area contributed by atoms with Crippen LogP contribution in [0.3, 0.4) is 0 Å². The molecule has 1 fully saturated rings. The third kappa shape index (κ3) is 3.50. The van der Waals surface area contributed by atoms with Crippen molar-refractivity contribution in [1.29, 1.82) is 0 Å². The van der Waals surface area contributed by atoms with Crippen molar-refractivity contribution in [3.63, 3.8) is 0 Å². The van der Waals surface area contributed by atoms with Crippen molar-refractivity contribution in [2.75, 3.05) is 13.6 Å². The highest BCUT2D eigenvalue weighted by atomic mass is 19.3. The molecule has 0 saturated heterocycles. The molecule has 0 aliphatic heterocycles. The average Bonchev–Trinajstić information content (AvgIpc) is 2.39. The second kappa shape index (κ2) is 6.39. The van der Waals surface area contributed by atoms with Crippen LogP contribution in [0.4, 0.5) is 8.78 Å². The molecule has 0 spiro atoms. The molecule has 0 bridgehead atoms. The molecule has 2 rings (SSSR count). The van der Waals surface area contributed by atoms with Gasteiger partial charge < -0.3 is 15.4 Å². The maximum absolute atomic E-state index is 12.4. The summed E-state index contributed by atoms with van der Waals surface area (Å²) in [7, 11) is 1.74. The monoisotopic (exact) mass is 298 g/mol. The third-order valence-corrected chi connectivity index (χ3v) is 4.07. The zero-order valence-corrected chi connectivity index (χ0v) is 12.0. The van der Waals surface area contributed by atoms with Crippen LogP contribution in [0.1, 0.15) is 24.8 Å². The summed E-state index contributed by atoms with van der Waals surface area (Å²) in [5.74, 6) is 0.171. The van der Waals surface area contributed by atoms with Gasteiger partial charge in [-0.2, -0.15) is 8.78 Å². The molecular formula is C15H20F2N2O2. The van der Waals surface area contributed by atoms with Crippen molar-refractivity contribution < 1.29 is 18.3 Å². The molecule has 1 aromatic carbocycles. The maximum atomic E-state index is 12.4. The van der Waals surface area contributed by atoms with Crippen LogP contribution in [0.25, 0.3) is 0 Å². The van der Waals surface area contributed by atoms with Crippen molar-refractivity contribution in [3.05, 3.63) is 29.8 Å². The molecule has 0 radical (unpaired) electrons. The number of halogens is 2. The lowest BCUT2D eigenvalue weighted by molar-refractivity contribution is -0.145. The molecule has 116 valence electrons. The Hall–Kier alpha value is -1.69. The van der Waals surface area contributed by atoms with Gasteiger partial charge in [-0.25, -0.2) is 0 Å². The fourth-order valence-electron chi connectivity index (χ4n) is 2.64. The van der Waals surface area contributed by atoms with Gasteiger partial charge in [-0.05, 0) is 30.5 Å². The van der Waals surface area contributed by atoms with Crippen LogP contribution in [0.5, 0.6) is 5.75 Å². The molecule has 0 unspecified atom stereocenters. The van der Waals surface area contributed by atoms with E-state index >= 15 is 0 Å². The minimum atomic E-state index is -2.83. The lowest BCUT2D eigenvalue weighted by Crippen LogP contribution is -2.50. The van der Waals surface area contributed by atoms with Crippen LogP contribution >= 0.6 is 0 Å². The van der Waals surface area contributed by atoms with E-state index in [0.717, 1.165) is 24.8 Å². The van der Waals surface area contributed by atoms with E-state index in [9.17, 15) is 13.6 Å². The van der Waals surface area contributed by atoms with Gasteiger partial charge in [0.15, 0.2) is 0 Å². The summed E-state index contributed by atoms with van der Waals surface area (Å²) in [6, 6.07) is 6.30. The first kappa shape index (κ1) is 15.7. The van der Waals surface area contributed by atoms with Crippen LogP contribution in [0.2, 0.25) is 0 Å². The van der Waals surface area contributed by atoms with Crippen LogP contribution in [-0.4, -0.2) is 31.0 Å². The van der Waals surface area contributed by atoms with E-state index in [1.54, 1.807) is 24.1 Å². The second-order valence-electron chi connectivity index (χ2n) is 5.52. The van der Waals surface area contributed by atoms with E-state index in [2.05, 4.69) is 4.74 Å². The van der Waals surface area contributed by atoms with Crippen molar-refractivity contribution in [2.45, 2.75) is 32.4 Å². The largest absolute Gasteiger partial charge is 0.435 e. The topological polar surface area (TPSA) is 55.6 Å². The molecule has 1 aromatic rings. The molecule has 1 amide bonds. The van der Waals surface area contributed by atoms with E-state index in [1.165, 1.54) is 12.1 Å². The highest BCUT2D eigenvalue weighted by molar-refractivity contribution is 5.83. The van der Waals surface area contributed by atoms with E-state index in [4.69, 9.17) is 5.73 Å². The summed E-state index contributed by atoms with van der Waals surface area (Å²) >= 11 is 0. The number of nitrogens with two attached hydrogens (primary N) is 1. The van der Waals surface area contributed by atoms with Gasteiger partial charge in [-0.15, -0.1) is 0 Å². The molecule has 0 aromatic heterocycles. The Bertz CT molecular complexity index is 481. The molecule has 21 heavy (non-hydrogen) atoms. The Kier molecular flexibility index (Phi) is 4.77. The van der Waals surface area contributed by atoms with Gasteiger partial charge in [0.25, 0.3) is 0 Å². The van der Waals surface area contributed by atoms with Crippen molar-refractivity contribution >= 4 is 5.91 Å². The highest BCUT2D eigenvalue weighted by Crippen LogP contribution is 2.41. The Balaban J connectivity index is 1.96. The van der Waals surface area contributed by atoms with Crippen molar-refractivity contribution in [1.82, 2.24) is 4.90 Å². The van der Waals surface area contributed by atoms with Crippen LogP contribution in [0.15, 0.2) is 24.3 Å². The summed E-state index contributed by atoms with van der Waals surface area (Å²) in [5, 5.41) is 0. The summed E-state index contributed by atoms with van der Waals surface area (Å²) in [6.07, 6.45) is 2.72.